The molecule has 0 aliphatic carbocycles. The van der Waals surface area contributed by atoms with Crippen LogP contribution in [0.15, 0.2) is 73.2 Å². The van der Waals surface area contributed by atoms with E-state index in [0.29, 0.717) is 13.1 Å². The maximum absolute atomic E-state index is 10.5. The molecule has 2 heterocycles. The van der Waals surface area contributed by atoms with E-state index < -0.39 is 5.60 Å². The van der Waals surface area contributed by atoms with E-state index in [-0.39, 0.29) is 0 Å². The van der Waals surface area contributed by atoms with Crippen LogP contribution >= 0.6 is 0 Å². The van der Waals surface area contributed by atoms with Gasteiger partial charge in [0.2, 0.25) is 0 Å². The van der Waals surface area contributed by atoms with E-state index in [1.54, 1.807) is 26.4 Å². The lowest BCUT2D eigenvalue weighted by molar-refractivity contribution is 0.0869. The summed E-state index contributed by atoms with van der Waals surface area (Å²) in [6, 6.07) is 20.1. The largest absolute Gasteiger partial charge is 0.389 e. The van der Waals surface area contributed by atoms with Gasteiger partial charge in [-0.25, -0.2) is 14.6 Å². The van der Waals surface area contributed by atoms with Gasteiger partial charge in [-0.2, -0.15) is 5.10 Å². The Bertz CT molecular complexity index is 1050. The summed E-state index contributed by atoms with van der Waals surface area (Å²) in [6.45, 7) is 4.67. The summed E-state index contributed by atoms with van der Waals surface area (Å²) < 4.78 is 1.81. The lowest BCUT2D eigenvalue weighted by Gasteiger charge is -2.30. The van der Waals surface area contributed by atoms with Gasteiger partial charge in [0, 0.05) is 13.1 Å². The average Bonchev–Trinajstić information content (AvgIpc) is 3.12. The number of hydrogen-bond acceptors (Lipinski definition) is 5. The number of hydrogen-bond donors (Lipinski definition) is 1. The highest BCUT2D eigenvalue weighted by Crippen LogP contribution is 2.27. The molecule has 2 aromatic carbocycles. The molecule has 6 heteroatoms. The molecule has 2 aromatic heterocycles. The van der Waals surface area contributed by atoms with Crippen molar-refractivity contribution < 1.29 is 5.11 Å². The van der Waals surface area contributed by atoms with Crippen molar-refractivity contribution in [1.29, 1.82) is 0 Å². The minimum absolute atomic E-state index is 0.435. The van der Waals surface area contributed by atoms with Gasteiger partial charge in [-0.1, -0.05) is 48.5 Å². The third-order valence-electron chi connectivity index (χ3n) is 4.44. The van der Waals surface area contributed by atoms with Crippen LogP contribution in [0, 0.1) is 0 Å². The third-order valence-corrected chi connectivity index (χ3v) is 4.44. The highest BCUT2D eigenvalue weighted by atomic mass is 16.3. The molecule has 142 valence electrons. The summed E-state index contributed by atoms with van der Waals surface area (Å²) in [5.41, 5.74) is 1.96. The molecule has 0 aliphatic rings. The fraction of sp³-hybridized carbons (Fsp3) is 0.227. The Balaban J connectivity index is 1.79. The first kappa shape index (κ1) is 18.1. The van der Waals surface area contributed by atoms with E-state index in [1.807, 2.05) is 53.2 Å². The van der Waals surface area contributed by atoms with Crippen LogP contribution in [-0.2, 0) is 6.54 Å². The van der Waals surface area contributed by atoms with E-state index in [2.05, 4.69) is 32.1 Å². The van der Waals surface area contributed by atoms with Crippen molar-refractivity contribution in [3.8, 4) is 5.69 Å². The van der Waals surface area contributed by atoms with Gasteiger partial charge in [-0.05, 0) is 31.5 Å². The third kappa shape index (κ3) is 3.87. The van der Waals surface area contributed by atoms with Crippen molar-refractivity contribution in [1.82, 2.24) is 19.7 Å². The average molecular weight is 373 g/mol. The summed E-state index contributed by atoms with van der Waals surface area (Å²) in [5.74, 6) is 0.762. The Labute approximate surface area is 164 Å². The van der Waals surface area contributed by atoms with Gasteiger partial charge in [0.25, 0.3) is 0 Å². The Kier molecular flexibility index (Phi) is 4.79. The van der Waals surface area contributed by atoms with Crippen molar-refractivity contribution in [2.24, 2.45) is 0 Å². The fourth-order valence-electron chi connectivity index (χ4n) is 3.32. The summed E-state index contributed by atoms with van der Waals surface area (Å²) in [5, 5.41) is 15.9. The Hall–Kier alpha value is -3.25. The van der Waals surface area contributed by atoms with Crippen LogP contribution in [0.5, 0.6) is 0 Å². The zero-order valence-electron chi connectivity index (χ0n) is 16.0. The number of fused-ring (bicyclic) bond motifs is 1. The van der Waals surface area contributed by atoms with Gasteiger partial charge in [0.15, 0.2) is 5.65 Å². The molecular formula is C22H23N5O. The number of aliphatic hydroxyl groups is 1. The van der Waals surface area contributed by atoms with Crippen LogP contribution in [0.4, 0.5) is 5.82 Å². The first-order valence-electron chi connectivity index (χ1n) is 9.27. The van der Waals surface area contributed by atoms with Crippen LogP contribution < -0.4 is 4.90 Å². The van der Waals surface area contributed by atoms with E-state index in [1.165, 1.54) is 0 Å². The van der Waals surface area contributed by atoms with Crippen LogP contribution in [-0.4, -0.2) is 37.0 Å². The summed E-state index contributed by atoms with van der Waals surface area (Å²) in [6.07, 6.45) is 3.35. The molecule has 28 heavy (non-hydrogen) atoms. The first-order valence-corrected chi connectivity index (χ1v) is 9.27. The molecule has 0 bridgehead atoms. The van der Waals surface area contributed by atoms with Gasteiger partial charge in [0.05, 0.1) is 22.9 Å². The number of nitrogens with zero attached hydrogens (tertiary/aromatic N) is 5. The van der Waals surface area contributed by atoms with Crippen molar-refractivity contribution in [2.75, 3.05) is 11.4 Å². The molecular weight excluding hydrogens is 350 g/mol. The number of benzene rings is 2. The Morgan fingerprint density at radius 3 is 2.32 bits per heavy atom. The number of aromatic nitrogens is 4. The van der Waals surface area contributed by atoms with Crippen LogP contribution in [0.1, 0.15) is 19.4 Å². The highest BCUT2D eigenvalue weighted by molar-refractivity contribution is 5.87. The number of anilines is 1. The lowest BCUT2D eigenvalue weighted by atomic mass is 10.1. The van der Waals surface area contributed by atoms with Crippen molar-refractivity contribution in [3.63, 3.8) is 0 Å². The van der Waals surface area contributed by atoms with E-state index in [0.717, 1.165) is 28.1 Å². The SMILES string of the molecule is CC(C)(O)CN(Cc1ccccc1)c1ncnc2c1cnn2-c1ccccc1. The van der Waals surface area contributed by atoms with Gasteiger partial charge in [-0.3, -0.25) is 0 Å². The molecule has 0 aliphatic heterocycles. The van der Waals surface area contributed by atoms with Gasteiger partial charge in [-0.15, -0.1) is 0 Å². The molecule has 0 radical (unpaired) electrons. The van der Waals surface area contributed by atoms with Crippen molar-refractivity contribution in [3.05, 3.63) is 78.8 Å². The van der Waals surface area contributed by atoms with Crippen molar-refractivity contribution in [2.45, 2.75) is 26.0 Å². The molecule has 0 saturated heterocycles. The fourth-order valence-corrected chi connectivity index (χ4v) is 3.32. The maximum atomic E-state index is 10.5. The molecule has 6 nitrogen and oxygen atoms in total. The predicted octanol–water partition coefficient (Wildman–Crippen LogP) is 3.59. The quantitative estimate of drug-likeness (QED) is 0.559. The van der Waals surface area contributed by atoms with Gasteiger partial charge >= 0.3 is 0 Å². The molecule has 0 fully saturated rings. The van der Waals surface area contributed by atoms with Crippen molar-refractivity contribution >= 4 is 16.9 Å². The second-order valence-electron chi connectivity index (χ2n) is 7.48. The van der Waals surface area contributed by atoms with E-state index in [9.17, 15) is 5.11 Å². The molecule has 4 aromatic rings. The zero-order chi connectivity index (χ0) is 19.6. The van der Waals surface area contributed by atoms with E-state index >= 15 is 0 Å². The second-order valence-corrected chi connectivity index (χ2v) is 7.48. The smallest absolute Gasteiger partial charge is 0.168 e. The van der Waals surface area contributed by atoms with Gasteiger partial charge < -0.3 is 10.0 Å². The van der Waals surface area contributed by atoms with Crippen LogP contribution in [0.2, 0.25) is 0 Å². The highest BCUT2D eigenvalue weighted by Gasteiger charge is 2.23. The second kappa shape index (κ2) is 7.40. The Morgan fingerprint density at radius 1 is 0.964 bits per heavy atom. The minimum atomic E-state index is -0.874. The number of para-hydroxylation sites is 1. The standard InChI is InChI=1S/C22H23N5O/c1-22(2,28)15-26(14-17-9-5-3-6-10-17)20-19-13-25-27(21(19)24-16-23-20)18-11-7-4-8-12-18/h3-13,16,28H,14-15H2,1-2H3. The lowest BCUT2D eigenvalue weighted by Crippen LogP contribution is -2.38. The monoisotopic (exact) mass is 373 g/mol. The molecule has 0 atom stereocenters. The first-order chi connectivity index (χ1) is 13.5. The van der Waals surface area contributed by atoms with E-state index in [4.69, 9.17) is 0 Å². The zero-order valence-corrected chi connectivity index (χ0v) is 16.0. The summed E-state index contributed by atoms with van der Waals surface area (Å²) in [4.78, 5) is 11.1. The molecule has 0 amide bonds. The Morgan fingerprint density at radius 2 is 1.64 bits per heavy atom. The molecule has 0 unspecified atom stereocenters. The predicted molar refractivity (Wildman–Crippen MR) is 110 cm³/mol. The summed E-state index contributed by atoms with van der Waals surface area (Å²) in [7, 11) is 0. The van der Waals surface area contributed by atoms with Gasteiger partial charge in [0.1, 0.15) is 12.1 Å². The number of rotatable bonds is 6. The topological polar surface area (TPSA) is 67.1 Å². The normalized spacial score (nSPS) is 11.7. The van der Waals surface area contributed by atoms with Crippen LogP contribution in [0.3, 0.4) is 0 Å². The minimum Gasteiger partial charge on any atom is -0.389 e. The molecule has 0 saturated carbocycles. The van der Waals surface area contributed by atoms with Crippen LogP contribution in [0.25, 0.3) is 16.7 Å². The molecule has 0 spiro atoms. The molecule has 1 N–H and O–H groups in total. The summed E-state index contributed by atoms with van der Waals surface area (Å²) >= 11 is 0. The molecule has 4 rings (SSSR count). The maximum Gasteiger partial charge on any atom is 0.168 e.